The molecule has 1 aromatic heterocycles. The number of anilines is 3. The summed E-state index contributed by atoms with van der Waals surface area (Å²) < 4.78 is 0. The van der Waals surface area contributed by atoms with Gasteiger partial charge in [-0.2, -0.15) is 0 Å². The van der Waals surface area contributed by atoms with Crippen LogP contribution in [0.2, 0.25) is 0 Å². The first-order valence-electron chi connectivity index (χ1n) is 17.7. The van der Waals surface area contributed by atoms with Gasteiger partial charge in [-0.1, -0.05) is 115 Å². The Balaban J connectivity index is 1.17. The van der Waals surface area contributed by atoms with Gasteiger partial charge in [0.25, 0.3) is 0 Å². The molecule has 2 bridgehead atoms. The minimum atomic E-state index is 0.564. The molecule has 1 fully saturated rings. The van der Waals surface area contributed by atoms with Crippen molar-refractivity contribution in [2.24, 2.45) is 0 Å². The maximum absolute atomic E-state index is 5.71. The second-order valence-electron chi connectivity index (χ2n) is 13.8. The molecular formula is C47H36N2. The zero-order valence-electron chi connectivity index (χ0n) is 27.4. The standard InChI is InChI=1S/C47H36N2/c1-3-16-36(17-4-1)49(37-18-5-2-6-19-37)38-20-12-14-34(30-38)33-13-11-15-35(29-33)46-44-32-27-25-31(26-28-32)43(44)45-41-23-9-7-21-39(41)40-22-8-10-24-42(40)47(45)48-46/h1-24,29-32H,25-28H2. The van der Waals surface area contributed by atoms with Crippen molar-refractivity contribution in [2.45, 2.75) is 37.5 Å². The molecule has 1 saturated carbocycles. The highest BCUT2D eigenvalue weighted by Gasteiger charge is 2.37. The minimum Gasteiger partial charge on any atom is -0.310 e. The molecule has 0 aliphatic heterocycles. The van der Waals surface area contributed by atoms with Gasteiger partial charge < -0.3 is 4.90 Å². The van der Waals surface area contributed by atoms with E-state index in [9.17, 15) is 0 Å². The maximum Gasteiger partial charge on any atom is 0.0797 e. The van der Waals surface area contributed by atoms with Gasteiger partial charge in [-0.15, -0.1) is 0 Å². The van der Waals surface area contributed by atoms with Gasteiger partial charge in [-0.25, -0.2) is 4.98 Å². The van der Waals surface area contributed by atoms with E-state index in [0.29, 0.717) is 11.8 Å². The van der Waals surface area contributed by atoms with Crippen molar-refractivity contribution >= 4 is 49.5 Å². The predicted molar refractivity (Wildman–Crippen MR) is 206 cm³/mol. The molecule has 7 aromatic carbocycles. The van der Waals surface area contributed by atoms with Gasteiger partial charge in [-0.05, 0) is 118 Å². The monoisotopic (exact) mass is 628 g/mol. The zero-order valence-corrected chi connectivity index (χ0v) is 27.4. The Labute approximate surface area is 287 Å². The molecule has 49 heavy (non-hydrogen) atoms. The van der Waals surface area contributed by atoms with Gasteiger partial charge in [0.05, 0.1) is 11.2 Å². The Morgan fingerprint density at radius 1 is 0.408 bits per heavy atom. The Bertz CT molecular complexity index is 2470. The predicted octanol–water partition coefficient (Wildman–Crippen LogP) is 13.1. The lowest BCUT2D eigenvalue weighted by Gasteiger charge is -2.40. The van der Waals surface area contributed by atoms with Gasteiger partial charge in [0.2, 0.25) is 0 Å². The molecule has 0 amide bonds. The molecule has 11 rings (SSSR count). The van der Waals surface area contributed by atoms with Crippen molar-refractivity contribution in [3.05, 3.63) is 169 Å². The molecule has 1 heterocycles. The van der Waals surface area contributed by atoms with Crippen LogP contribution in [-0.4, -0.2) is 4.98 Å². The summed E-state index contributed by atoms with van der Waals surface area (Å²) in [6.07, 6.45) is 5.09. The first-order valence-corrected chi connectivity index (χ1v) is 17.7. The molecule has 0 N–H and O–H groups in total. The lowest BCUT2D eigenvalue weighted by Crippen LogP contribution is -2.23. The van der Waals surface area contributed by atoms with Gasteiger partial charge in [0.1, 0.15) is 0 Å². The highest BCUT2D eigenvalue weighted by atomic mass is 15.1. The number of aromatic nitrogens is 1. The van der Waals surface area contributed by atoms with Crippen molar-refractivity contribution in [3.8, 4) is 22.4 Å². The van der Waals surface area contributed by atoms with Crippen LogP contribution < -0.4 is 4.90 Å². The molecular weight excluding hydrogens is 593 g/mol. The van der Waals surface area contributed by atoms with E-state index in [1.54, 1.807) is 5.56 Å². The van der Waals surface area contributed by atoms with Crippen LogP contribution in [0.1, 0.15) is 48.6 Å². The van der Waals surface area contributed by atoms with E-state index in [2.05, 4.69) is 163 Å². The fraction of sp³-hybridized carbons (Fsp3) is 0.128. The molecule has 2 heteroatoms. The fourth-order valence-electron chi connectivity index (χ4n) is 8.95. The molecule has 3 aliphatic rings. The van der Waals surface area contributed by atoms with Crippen LogP contribution >= 0.6 is 0 Å². The smallest absolute Gasteiger partial charge is 0.0797 e. The molecule has 2 nitrogen and oxygen atoms in total. The summed E-state index contributed by atoms with van der Waals surface area (Å²) in [7, 11) is 0. The number of pyridine rings is 1. The lowest BCUT2D eigenvalue weighted by molar-refractivity contribution is 0.361. The molecule has 0 atom stereocenters. The van der Waals surface area contributed by atoms with E-state index in [4.69, 9.17) is 4.98 Å². The van der Waals surface area contributed by atoms with Crippen molar-refractivity contribution in [1.29, 1.82) is 0 Å². The summed E-state index contributed by atoms with van der Waals surface area (Å²) in [6, 6.07) is 57.3. The van der Waals surface area contributed by atoms with E-state index in [0.717, 1.165) is 22.6 Å². The van der Waals surface area contributed by atoms with Crippen molar-refractivity contribution in [2.75, 3.05) is 4.90 Å². The zero-order chi connectivity index (χ0) is 32.3. The van der Waals surface area contributed by atoms with Crippen LogP contribution in [0.4, 0.5) is 17.1 Å². The summed E-state index contributed by atoms with van der Waals surface area (Å²) in [6.45, 7) is 0. The van der Waals surface area contributed by atoms with Gasteiger partial charge >= 0.3 is 0 Å². The molecule has 234 valence electrons. The van der Waals surface area contributed by atoms with E-state index in [1.807, 2.05) is 0 Å². The SMILES string of the molecule is c1ccc(N(c2ccccc2)c2cccc(-c3cccc(-c4nc5c6ccccc6c6ccccc6c5c5c4C4CCC5CC4)c3)c2)cc1. The molecule has 0 unspecified atom stereocenters. The highest BCUT2D eigenvalue weighted by molar-refractivity contribution is 6.25. The molecule has 0 saturated heterocycles. The third kappa shape index (κ3) is 4.59. The van der Waals surface area contributed by atoms with Gasteiger partial charge in [-0.3, -0.25) is 0 Å². The summed E-state index contributed by atoms with van der Waals surface area (Å²) in [5.41, 5.74) is 12.5. The van der Waals surface area contributed by atoms with Crippen LogP contribution in [0, 0.1) is 0 Å². The molecule has 0 spiro atoms. The number of hydrogen-bond donors (Lipinski definition) is 0. The highest BCUT2D eigenvalue weighted by Crippen LogP contribution is 2.55. The van der Waals surface area contributed by atoms with Crippen molar-refractivity contribution in [3.63, 3.8) is 0 Å². The Morgan fingerprint density at radius 2 is 0.898 bits per heavy atom. The van der Waals surface area contributed by atoms with Crippen LogP contribution in [-0.2, 0) is 0 Å². The number of nitrogens with zero attached hydrogens (tertiary/aromatic N) is 2. The molecule has 8 aromatic rings. The van der Waals surface area contributed by atoms with E-state index in [-0.39, 0.29) is 0 Å². The quantitative estimate of drug-likeness (QED) is 0.176. The van der Waals surface area contributed by atoms with E-state index < -0.39 is 0 Å². The third-order valence-corrected chi connectivity index (χ3v) is 11.1. The van der Waals surface area contributed by atoms with Crippen LogP contribution in [0.15, 0.2) is 158 Å². The first-order chi connectivity index (χ1) is 24.3. The second kappa shape index (κ2) is 11.5. The number of fused-ring (bicyclic) bond motifs is 8. The van der Waals surface area contributed by atoms with Gasteiger partial charge in [0.15, 0.2) is 0 Å². The molecule has 3 aliphatic carbocycles. The van der Waals surface area contributed by atoms with Crippen molar-refractivity contribution < 1.29 is 0 Å². The summed E-state index contributed by atoms with van der Waals surface area (Å²) in [5, 5.41) is 6.63. The van der Waals surface area contributed by atoms with E-state index in [1.165, 1.54) is 80.6 Å². The summed E-state index contributed by atoms with van der Waals surface area (Å²) >= 11 is 0. The minimum absolute atomic E-state index is 0.564. The van der Waals surface area contributed by atoms with Crippen LogP contribution in [0.25, 0.3) is 54.8 Å². The van der Waals surface area contributed by atoms with Crippen LogP contribution in [0.3, 0.4) is 0 Å². The Morgan fingerprint density at radius 3 is 1.57 bits per heavy atom. The van der Waals surface area contributed by atoms with E-state index >= 15 is 0 Å². The topological polar surface area (TPSA) is 16.1 Å². The number of hydrogen-bond acceptors (Lipinski definition) is 2. The van der Waals surface area contributed by atoms with Crippen LogP contribution in [0.5, 0.6) is 0 Å². The largest absolute Gasteiger partial charge is 0.310 e. The maximum atomic E-state index is 5.71. The Hall–Kier alpha value is -5.73. The average Bonchev–Trinajstić information content (AvgIpc) is 3.19. The molecule has 0 radical (unpaired) electrons. The van der Waals surface area contributed by atoms with Gasteiger partial charge in [0, 0.05) is 33.4 Å². The number of benzene rings is 7. The summed E-state index contributed by atoms with van der Waals surface area (Å²) in [4.78, 5) is 8.04. The number of para-hydroxylation sites is 2. The third-order valence-electron chi connectivity index (χ3n) is 11.1. The normalized spacial score (nSPS) is 16.7. The number of rotatable bonds is 5. The Kier molecular flexibility index (Phi) is 6.62. The fourth-order valence-corrected chi connectivity index (χ4v) is 8.95. The average molecular weight is 629 g/mol. The first kappa shape index (κ1) is 28.3. The summed E-state index contributed by atoms with van der Waals surface area (Å²) in [5.74, 6) is 1.16. The lowest BCUT2D eigenvalue weighted by atomic mass is 9.65. The van der Waals surface area contributed by atoms with Crippen molar-refractivity contribution in [1.82, 2.24) is 4.98 Å². The second-order valence-corrected chi connectivity index (χ2v) is 13.8.